The normalized spacial score (nSPS) is 42.7. The maximum Gasteiger partial charge on any atom is 0.0672 e. The average Bonchev–Trinajstić information content (AvgIpc) is 2.65. The monoisotopic (exact) mass is 275 g/mol. The number of nitriles is 1. The molecule has 1 aliphatic carbocycles. The van der Waals surface area contributed by atoms with E-state index in [2.05, 4.69) is 23.3 Å². The van der Waals surface area contributed by atoms with E-state index in [-0.39, 0.29) is 5.92 Å². The average molecular weight is 275 g/mol. The van der Waals surface area contributed by atoms with E-state index >= 15 is 0 Å². The number of piperidine rings is 2. The predicted molar refractivity (Wildman–Crippen MR) is 81.3 cm³/mol. The van der Waals surface area contributed by atoms with Crippen LogP contribution in [-0.2, 0) is 0 Å². The van der Waals surface area contributed by atoms with Gasteiger partial charge in [-0.25, -0.2) is 0 Å². The van der Waals surface area contributed by atoms with E-state index in [1.54, 1.807) is 0 Å². The molecule has 1 N–H and O–H groups in total. The first-order valence-electron chi connectivity index (χ1n) is 8.65. The molecule has 0 spiro atoms. The fraction of sp³-hybridized carbons (Fsp3) is 0.941. The molecule has 112 valence electrons. The molecule has 3 fully saturated rings. The molecule has 3 nitrogen and oxygen atoms in total. The van der Waals surface area contributed by atoms with Gasteiger partial charge in [-0.3, -0.25) is 0 Å². The van der Waals surface area contributed by atoms with Gasteiger partial charge in [-0.05, 0) is 45.6 Å². The van der Waals surface area contributed by atoms with Crippen LogP contribution in [0, 0.1) is 17.2 Å². The molecule has 20 heavy (non-hydrogen) atoms. The van der Waals surface area contributed by atoms with E-state index in [1.807, 2.05) is 0 Å². The van der Waals surface area contributed by atoms with E-state index in [1.165, 1.54) is 57.8 Å². The van der Waals surface area contributed by atoms with Gasteiger partial charge in [-0.2, -0.15) is 5.26 Å². The second-order valence-electron chi connectivity index (χ2n) is 7.22. The van der Waals surface area contributed by atoms with Gasteiger partial charge in [0, 0.05) is 24.2 Å². The summed E-state index contributed by atoms with van der Waals surface area (Å²) in [6.07, 6.45) is 12.9. The first kappa shape index (κ1) is 14.4. The Morgan fingerprint density at radius 1 is 0.950 bits per heavy atom. The molecule has 0 amide bonds. The second-order valence-corrected chi connectivity index (χ2v) is 7.22. The Balaban J connectivity index is 1.61. The Kier molecular flexibility index (Phi) is 4.63. The molecule has 3 rings (SSSR count). The molecule has 3 heteroatoms. The summed E-state index contributed by atoms with van der Waals surface area (Å²) in [5.74, 6) is 0.247. The van der Waals surface area contributed by atoms with Gasteiger partial charge in [0.25, 0.3) is 0 Å². The van der Waals surface area contributed by atoms with Crippen LogP contribution in [0.5, 0.6) is 0 Å². The van der Waals surface area contributed by atoms with Gasteiger partial charge in [0.2, 0.25) is 0 Å². The zero-order valence-electron chi connectivity index (χ0n) is 12.9. The van der Waals surface area contributed by atoms with Gasteiger partial charge in [0.15, 0.2) is 0 Å². The molecule has 4 unspecified atom stereocenters. The predicted octanol–water partition coefficient (Wildman–Crippen LogP) is 3.06. The minimum atomic E-state index is 0.247. The van der Waals surface area contributed by atoms with Crippen LogP contribution in [0.4, 0.5) is 0 Å². The summed E-state index contributed by atoms with van der Waals surface area (Å²) >= 11 is 0. The van der Waals surface area contributed by atoms with E-state index in [0.29, 0.717) is 12.1 Å². The Labute approximate surface area is 123 Å². The third-order valence-electron chi connectivity index (χ3n) is 5.97. The highest BCUT2D eigenvalue weighted by atomic mass is 15.2. The highest BCUT2D eigenvalue weighted by molar-refractivity contribution is 4.98. The van der Waals surface area contributed by atoms with E-state index in [4.69, 9.17) is 0 Å². The summed E-state index contributed by atoms with van der Waals surface area (Å²) in [5, 5.41) is 13.3. The van der Waals surface area contributed by atoms with E-state index < -0.39 is 0 Å². The summed E-state index contributed by atoms with van der Waals surface area (Å²) in [6, 6.07) is 5.25. The van der Waals surface area contributed by atoms with Crippen LogP contribution in [0.25, 0.3) is 0 Å². The van der Waals surface area contributed by atoms with Crippen LogP contribution in [0.3, 0.4) is 0 Å². The number of nitrogens with one attached hydrogen (secondary N) is 1. The van der Waals surface area contributed by atoms with Crippen LogP contribution >= 0.6 is 0 Å². The van der Waals surface area contributed by atoms with Crippen molar-refractivity contribution < 1.29 is 0 Å². The van der Waals surface area contributed by atoms with Crippen LogP contribution in [0.2, 0.25) is 0 Å². The second kappa shape index (κ2) is 6.45. The number of hydrogen-bond acceptors (Lipinski definition) is 3. The maximum absolute atomic E-state index is 9.42. The molecule has 1 saturated carbocycles. The standard InChI is InChI=1S/C17H29N3/c1-20-15-7-5-8-16(20)11-14(10-15)19-17-9-4-2-3-6-13(17)12-18/h13-17,19H,2-11H2,1H3. The molecule has 4 atom stereocenters. The first-order chi connectivity index (χ1) is 9.78. The fourth-order valence-electron chi connectivity index (χ4n) is 4.72. The minimum Gasteiger partial charge on any atom is -0.310 e. The van der Waals surface area contributed by atoms with Crippen molar-refractivity contribution in [3.8, 4) is 6.07 Å². The Morgan fingerprint density at radius 3 is 2.35 bits per heavy atom. The Morgan fingerprint density at radius 2 is 1.65 bits per heavy atom. The number of rotatable bonds is 2. The van der Waals surface area contributed by atoms with Crippen molar-refractivity contribution in [2.75, 3.05) is 7.05 Å². The van der Waals surface area contributed by atoms with Crippen LogP contribution in [0.15, 0.2) is 0 Å². The van der Waals surface area contributed by atoms with Crippen molar-refractivity contribution in [1.29, 1.82) is 5.26 Å². The topological polar surface area (TPSA) is 39.1 Å². The maximum atomic E-state index is 9.42. The van der Waals surface area contributed by atoms with Crippen molar-refractivity contribution in [2.24, 2.45) is 5.92 Å². The molecular formula is C17H29N3. The molecule has 2 aliphatic heterocycles. The lowest BCUT2D eigenvalue weighted by molar-refractivity contribution is 0.0442. The molecule has 0 aromatic heterocycles. The first-order valence-corrected chi connectivity index (χ1v) is 8.65. The molecule has 3 aliphatic rings. The van der Waals surface area contributed by atoms with Crippen LogP contribution in [-0.4, -0.2) is 36.1 Å². The van der Waals surface area contributed by atoms with Gasteiger partial charge in [0.1, 0.15) is 0 Å². The summed E-state index contributed by atoms with van der Waals surface area (Å²) in [5.41, 5.74) is 0. The quantitative estimate of drug-likeness (QED) is 0.787. The van der Waals surface area contributed by atoms with Gasteiger partial charge < -0.3 is 10.2 Å². The third-order valence-corrected chi connectivity index (χ3v) is 5.97. The largest absolute Gasteiger partial charge is 0.310 e. The highest BCUT2D eigenvalue weighted by Gasteiger charge is 2.37. The van der Waals surface area contributed by atoms with Crippen LogP contribution in [0.1, 0.15) is 64.2 Å². The molecule has 2 bridgehead atoms. The summed E-state index contributed by atoms with van der Waals surface area (Å²) in [4.78, 5) is 2.62. The van der Waals surface area contributed by atoms with Crippen molar-refractivity contribution >= 4 is 0 Å². The molecule has 2 saturated heterocycles. The molecule has 0 aromatic rings. The number of hydrogen-bond donors (Lipinski definition) is 1. The van der Waals surface area contributed by atoms with Crippen molar-refractivity contribution in [3.63, 3.8) is 0 Å². The number of nitrogens with zero attached hydrogens (tertiary/aromatic N) is 2. The Bertz CT molecular complexity index is 348. The zero-order chi connectivity index (χ0) is 13.9. The molecule has 0 aromatic carbocycles. The molecule has 0 radical (unpaired) electrons. The smallest absolute Gasteiger partial charge is 0.0672 e. The minimum absolute atomic E-state index is 0.247. The van der Waals surface area contributed by atoms with Crippen molar-refractivity contribution in [1.82, 2.24) is 10.2 Å². The van der Waals surface area contributed by atoms with Crippen LogP contribution < -0.4 is 5.32 Å². The lowest BCUT2D eigenvalue weighted by atomic mass is 9.81. The zero-order valence-corrected chi connectivity index (χ0v) is 12.9. The SMILES string of the molecule is CN1C2CCCC1CC(NC1CCCCCC1C#N)C2. The lowest BCUT2D eigenvalue weighted by Crippen LogP contribution is -2.56. The number of fused-ring (bicyclic) bond motifs is 2. The fourth-order valence-corrected chi connectivity index (χ4v) is 4.72. The molecule has 2 heterocycles. The van der Waals surface area contributed by atoms with Crippen molar-refractivity contribution in [3.05, 3.63) is 0 Å². The molecular weight excluding hydrogens is 246 g/mol. The van der Waals surface area contributed by atoms with Crippen molar-refractivity contribution in [2.45, 2.75) is 88.4 Å². The van der Waals surface area contributed by atoms with E-state index in [9.17, 15) is 5.26 Å². The lowest BCUT2D eigenvalue weighted by Gasteiger charge is -2.48. The summed E-state index contributed by atoms with van der Waals surface area (Å²) < 4.78 is 0. The van der Waals surface area contributed by atoms with Gasteiger partial charge >= 0.3 is 0 Å². The van der Waals surface area contributed by atoms with E-state index in [0.717, 1.165) is 18.5 Å². The van der Waals surface area contributed by atoms with Gasteiger partial charge in [-0.1, -0.05) is 25.7 Å². The van der Waals surface area contributed by atoms with Gasteiger partial charge in [-0.15, -0.1) is 0 Å². The highest BCUT2D eigenvalue weighted by Crippen LogP contribution is 2.33. The summed E-state index contributed by atoms with van der Waals surface area (Å²) in [6.45, 7) is 0. The third kappa shape index (κ3) is 3.02. The summed E-state index contributed by atoms with van der Waals surface area (Å²) in [7, 11) is 2.31. The van der Waals surface area contributed by atoms with Gasteiger partial charge in [0.05, 0.1) is 12.0 Å². The Hall–Kier alpha value is -0.590.